The van der Waals surface area contributed by atoms with Crippen LogP contribution >= 0.6 is 34.5 Å². The number of halogens is 2. The molecular formula is C21H23Cl2N3O2S. The van der Waals surface area contributed by atoms with E-state index in [1.54, 1.807) is 12.1 Å². The third kappa shape index (κ3) is 4.61. The standard InChI is InChI=1S/C21H23Cl2N3O2S/c1-13-2-3-16(8-18(13)23)24-19(27)4-6-25-9-14-11-26(12-15(14)10-25)21(28)20-17(22)5-7-29-20/h2-3,5,7-8,14-15H,4,6,9-12H2,1H3,(H,24,27). The highest BCUT2D eigenvalue weighted by molar-refractivity contribution is 7.12. The molecule has 8 heteroatoms. The Kier molecular flexibility index (Phi) is 6.16. The molecular weight excluding hydrogens is 429 g/mol. The number of hydrogen-bond donors (Lipinski definition) is 1. The predicted molar refractivity (Wildman–Crippen MR) is 118 cm³/mol. The Balaban J connectivity index is 1.23. The quantitative estimate of drug-likeness (QED) is 0.732. The van der Waals surface area contributed by atoms with Gasteiger partial charge in [0, 0.05) is 49.9 Å². The van der Waals surface area contributed by atoms with Gasteiger partial charge in [-0.3, -0.25) is 9.59 Å². The van der Waals surface area contributed by atoms with Crippen LogP contribution in [0.1, 0.15) is 21.7 Å². The fraction of sp³-hybridized carbons (Fsp3) is 0.429. The van der Waals surface area contributed by atoms with Gasteiger partial charge >= 0.3 is 0 Å². The smallest absolute Gasteiger partial charge is 0.265 e. The first-order valence-electron chi connectivity index (χ1n) is 9.71. The number of nitrogens with zero attached hydrogens (tertiary/aromatic N) is 2. The first kappa shape index (κ1) is 20.7. The van der Waals surface area contributed by atoms with Gasteiger partial charge in [-0.05, 0) is 47.9 Å². The van der Waals surface area contributed by atoms with Gasteiger partial charge in [0.1, 0.15) is 4.88 Å². The van der Waals surface area contributed by atoms with E-state index in [-0.39, 0.29) is 11.8 Å². The zero-order valence-corrected chi connectivity index (χ0v) is 18.5. The molecule has 2 amide bonds. The molecule has 2 atom stereocenters. The second kappa shape index (κ2) is 8.64. The minimum absolute atomic E-state index is 0.00822. The van der Waals surface area contributed by atoms with Crippen molar-refractivity contribution < 1.29 is 9.59 Å². The number of nitrogens with one attached hydrogen (secondary N) is 1. The van der Waals surface area contributed by atoms with E-state index < -0.39 is 0 Å². The number of thiophene rings is 1. The van der Waals surface area contributed by atoms with Crippen LogP contribution in [0.25, 0.3) is 0 Å². The maximum absolute atomic E-state index is 12.7. The summed E-state index contributed by atoms with van der Waals surface area (Å²) in [6.45, 7) is 6.04. The van der Waals surface area contributed by atoms with Gasteiger partial charge in [0.15, 0.2) is 0 Å². The maximum atomic E-state index is 12.7. The average Bonchev–Trinajstić information content (AvgIpc) is 3.37. The van der Waals surface area contributed by atoms with E-state index in [0.29, 0.717) is 33.2 Å². The Hall–Kier alpha value is -1.60. The lowest BCUT2D eigenvalue weighted by Crippen LogP contribution is -2.34. The Morgan fingerprint density at radius 3 is 2.45 bits per heavy atom. The molecule has 1 aromatic carbocycles. The number of likely N-dealkylation sites (tertiary alicyclic amines) is 2. The second-order valence-corrected chi connectivity index (χ2v) is 9.58. The first-order valence-corrected chi connectivity index (χ1v) is 11.3. The van der Waals surface area contributed by atoms with Gasteiger partial charge in [-0.1, -0.05) is 29.3 Å². The highest BCUT2D eigenvalue weighted by Gasteiger charge is 2.42. The normalized spacial score (nSPS) is 21.4. The van der Waals surface area contributed by atoms with Crippen molar-refractivity contribution in [1.82, 2.24) is 9.80 Å². The van der Waals surface area contributed by atoms with Crippen LogP contribution in [0, 0.1) is 18.8 Å². The molecule has 0 radical (unpaired) electrons. The first-order chi connectivity index (χ1) is 13.9. The molecule has 1 N–H and O–H groups in total. The Morgan fingerprint density at radius 2 is 1.83 bits per heavy atom. The maximum Gasteiger partial charge on any atom is 0.265 e. The van der Waals surface area contributed by atoms with Crippen LogP contribution in [0.4, 0.5) is 5.69 Å². The Morgan fingerprint density at radius 1 is 1.10 bits per heavy atom. The summed E-state index contributed by atoms with van der Waals surface area (Å²) in [5.74, 6) is 0.974. The molecule has 1 aromatic heterocycles. The Bertz CT molecular complexity index is 918. The van der Waals surface area contributed by atoms with Gasteiger partial charge in [-0.25, -0.2) is 0 Å². The molecule has 2 aromatic rings. The third-order valence-electron chi connectivity index (χ3n) is 5.77. The van der Waals surface area contributed by atoms with E-state index in [1.807, 2.05) is 29.3 Å². The van der Waals surface area contributed by atoms with Gasteiger partial charge in [0.2, 0.25) is 5.91 Å². The van der Waals surface area contributed by atoms with Crippen LogP contribution < -0.4 is 5.32 Å². The van der Waals surface area contributed by atoms with Crippen LogP contribution in [0.3, 0.4) is 0 Å². The van der Waals surface area contributed by atoms with Gasteiger partial charge in [-0.2, -0.15) is 0 Å². The van der Waals surface area contributed by atoms with Gasteiger partial charge in [-0.15, -0.1) is 11.3 Å². The van der Waals surface area contributed by atoms with Crippen molar-refractivity contribution in [2.24, 2.45) is 11.8 Å². The van der Waals surface area contributed by atoms with E-state index in [9.17, 15) is 9.59 Å². The average molecular weight is 452 g/mol. The van der Waals surface area contributed by atoms with Crippen LogP contribution in [0.2, 0.25) is 10.0 Å². The Labute approximate surface area is 184 Å². The van der Waals surface area contributed by atoms with Crippen molar-refractivity contribution in [2.45, 2.75) is 13.3 Å². The van der Waals surface area contributed by atoms with Crippen molar-refractivity contribution in [1.29, 1.82) is 0 Å². The summed E-state index contributed by atoms with van der Waals surface area (Å²) < 4.78 is 0. The predicted octanol–water partition coefficient (Wildman–Crippen LogP) is 4.40. The molecule has 0 saturated carbocycles. The van der Waals surface area contributed by atoms with Crippen LogP contribution in [-0.4, -0.2) is 54.3 Å². The largest absolute Gasteiger partial charge is 0.337 e. The zero-order chi connectivity index (χ0) is 20.5. The number of carbonyl (C=O) groups excluding carboxylic acids is 2. The monoisotopic (exact) mass is 451 g/mol. The van der Waals surface area contributed by atoms with Crippen molar-refractivity contribution in [3.8, 4) is 0 Å². The number of rotatable bonds is 5. The highest BCUT2D eigenvalue weighted by atomic mass is 35.5. The minimum atomic E-state index is -0.00822. The van der Waals surface area contributed by atoms with Crippen molar-refractivity contribution in [3.05, 3.63) is 50.1 Å². The summed E-state index contributed by atoms with van der Waals surface area (Å²) in [7, 11) is 0. The number of hydrogen-bond acceptors (Lipinski definition) is 4. The van der Waals surface area contributed by atoms with Gasteiger partial charge in [0.25, 0.3) is 5.91 Å². The third-order valence-corrected chi connectivity index (χ3v) is 7.51. The molecule has 4 rings (SSSR count). The minimum Gasteiger partial charge on any atom is -0.337 e. The van der Waals surface area contributed by atoms with Crippen LogP contribution in [-0.2, 0) is 4.79 Å². The number of fused-ring (bicyclic) bond motifs is 1. The molecule has 5 nitrogen and oxygen atoms in total. The fourth-order valence-corrected chi connectivity index (χ4v) is 5.47. The molecule has 0 bridgehead atoms. The lowest BCUT2D eigenvalue weighted by Gasteiger charge is -2.21. The topological polar surface area (TPSA) is 52.7 Å². The molecule has 2 unspecified atom stereocenters. The summed E-state index contributed by atoms with van der Waals surface area (Å²) in [4.78, 5) is 29.8. The summed E-state index contributed by atoms with van der Waals surface area (Å²) in [5, 5.41) is 5.96. The fourth-order valence-electron chi connectivity index (χ4n) is 4.18. The van der Waals surface area contributed by atoms with Gasteiger partial charge < -0.3 is 15.1 Å². The molecule has 29 heavy (non-hydrogen) atoms. The summed E-state index contributed by atoms with van der Waals surface area (Å²) in [6.07, 6.45) is 0.443. The van der Waals surface area contributed by atoms with Crippen LogP contribution in [0.15, 0.2) is 29.6 Å². The van der Waals surface area contributed by atoms with Gasteiger partial charge in [0.05, 0.1) is 5.02 Å². The summed E-state index contributed by atoms with van der Waals surface area (Å²) in [5.41, 5.74) is 1.72. The van der Waals surface area contributed by atoms with E-state index in [2.05, 4.69) is 10.2 Å². The molecule has 2 saturated heterocycles. The van der Waals surface area contributed by atoms with Crippen molar-refractivity contribution >= 4 is 52.0 Å². The molecule has 3 heterocycles. The highest BCUT2D eigenvalue weighted by Crippen LogP contribution is 2.33. The molecule has 2 fully saturated rings. The molecule has 2 aliphatic rings. The lowest BCUT2D eigenvalue weighted by atomic mass is 10.0. The van der Waals surface area contributed by atoms with Crippen molar-refractivity contribution in [3.63, 3.8) is 0 Å². The molecule has 0 spiro atoms. The molecule has 154 valence electrons. The number of anilines is 1. The number of aryl methyl sites for hydroxylation is 1. The van der Waals surface area contributed by atoms with E-state index in [0.717, 1.165) is 44.0 Å². The van der Waals surface area contributed by atoms with Crippen molar-refractivity contribution in [2.75, 3.05) is 38.0 Å². The number of carbonyl (C=O) groups is 2. The molecule has 2 aliphatic heterocycles. The SMILES string of the molecule is Cc1ccc(NC(=O)CCN2CC3CN(C(=O)c4sccc4Cl)CC3C2)cc1Cl. The summed E-state index contributed by atoms with van der Waals surface area (Å²) in [6, 6.07) is 7.31. The van der Waals surface area contributed by atoms with E-state index in [1.165, 1.54) is 11.3 Å². The zero-order valence-electron chi connectivity index (χ0n) is 16.2. The number of amides is 2. The summed E-state index contributed by atoms with van der Waals surface area (Å²) >= 11 is 13.6. The van der Waals surface area contributed by atoms with E-state index >= 15 is 0 Å². The lowest BCUT2D eigenvalue weighted by molar-refractivity contribution is -0.116. The second-order valence-electron chi connectivity index (χ2n) is 7.85. The van der Waals surface area contributed by atoms with E-state index in [4.69, 9.17) is 23.2 Å². The number of benzene rings is 1. The van der Waals surface area contributed by atoms with Crippen LogP contribution in [0.5, 0.6) is 0 Å². The molecule has 0 aliphatic carbocycles.